The zero-order chi connectivity index (χ0) is 14.4. The topological polar surface area (TPSA) is 46.5 Å². The number of carboxylic acids is 1. The van der Waals surface area contributed by atoms with Crippen LogP contribution in [0.3, 0.4) is 0 Å². The minimum atomic E-state index is -0.968. The maximum Gasteiger partial charge on any atom is 0.328 e. The molecule has 0 aliphatic carbocycles. The Hall–Kier alpha value is -2.26. The first-order valence-electron chi connectivity index (χ1n) is 6.02. The van der Waals surface area contributed by atoms with Crippen molar-refractivity contribution < 1.29 is 14.6 Å². The van der Waals surface area contributed by atoms with Gasteiger partial charge in [0.25, 0.3) is 0 Å². The van der Waals surface area contributed by atoms with Crippen LogP contribution in [0.4, 0.5) is 0 Å². The van der Waals surface area contributed by atoms with Crippen LogP contribution >= 0.6 is 11.6 Å². The van der Waals surface area contributed by atoms with E-state index in [0.29, 0.717) is 17.4 Å². The van der Waals surface area contributed by atoms with Crippen LogP contribution in [0.5, 0.6) is 5.75 Å². The van der Waals surface area contributed by atoms with E-state index >= 15 is 0 Å². The van der Waals surface area contributed by atoms with Crippen LogP contribution < -0.4 is 4.74 Å². The summed E-state index contributed by atoms with van der Waals surface area (Å²) in [6.45, 7) is 0.393. The molecule has 102 valence electrons. The third-order valence-electron chi connectivity index (χ3n) is 2.65. The molecule has 0 saturated carbocycles. The average molecular weight is 289 g/mol. The number of carboxylic acid groups (broad SMARTS) is 1. The Bertz CT molecular complexity index is 618. The van der Waals surface area contributed by atoms with E-state index < -0.39 is 5.97 Å². The lowest BCUT2D eigenvalue weighted by atomic mass is 10.2. The molecule has 0 atom stereocenters. The summed E-state index contributed by atoms with van der Waals surface area (Å²) in [5, 5.41) is 9.22. The van der Waals surface area contributed by atoms with Crippen LogP contribution in [0.1, 0.15) is 11.1 Å². The molecule has 2 aromatic carbocycles. The lowest BCUT2D eigenvalue weighted by Crippen LogP contribution is -1.95. The molecule has 2 rings (SSSR count). The Morgan fingerprint density at radius 2 is 1.85 bits per heavy atom. The molecule has 0 unspecified atom stereocenters. The maximum absolute atomic E-state index is 10.4. The van der Waals surface area contributed by atoms with Crippen LogP contribution in [0.2, 0.25) is 5.02 Å². The highest BCUT2D eigenvalue weighted by atomic mass is 35.5. The lowest BCUT2D eigenvalue weighted by molar-refractivity contribution is -0.131. The van der Waals surface area contributed by atoms with Crippen molar-refractivity contribution in [2.45, 2.75) is 6.61 Å². The second-order valence-electron chi connectivity index (χ2n) is 4.12. The zero-order valence-electron chi connectivity index (χ0n) is 10.6. The van der Waals surface area contributed by atoms with Crippen molar-refractivity contribution in [1.82, 2.24) is 0 Å². The van der Waals surface area contributed by atoms with E-state index in [4.69, 9.17) is 21.4 Å². The number of hydrogen-bond donors (Lipinski definition) is 1. The van der Waals surface area contributed by atoms with Crippen LogP contribution in [-0.4, -0.2) is 11.1 Å². The van der Waals surface area contributed by atoms with Crippen LogP contribution in [0, 0.1) is 0 Å². The van der Waals surface area contributed by atoms with E-state index in [-0.39, 0.29) is 0 Å². The first-order valence-corrected chi connectivity index (χ1v) is 6.40. The van der Waals surface area contributed by atoms with Gasteiger partial charge in [-0.25, -0.2) is 4.79 Å². The van der Waals surface area contributed by atoms with Gasteiger partial charge in [0.1, 0.15) is 12.4 Å². The van der Waals surface area contributed by atoms with Crippen molar-refractivity contribution >= 4 is 23.6 Å². The van der Waals surface area contributed by atoms with Gasteiger partial charge in [-0.1, -0.05) is 41.9 Å². The molecule has 0 aliphatic rings. The minimum Gasteiger partial charge on any atom is -0.489 e. The average Bonchev–Trinajstić information content (AvgIpc) is 2.45. The van der Waals surface area contributed by atoms with Gasteiger partial charge < -0.3 is 9.84 Å². The van der Waals surface area contributed by atoms with Crippen molar-refractivity contribution in [2.24, 2.45) is 0 Å². The number of carbonyl (C=O) groups is 1. The van der Waals surface area contributed by atoms with Crippen molar-refractivity contribution in [3.05, 3.63) is 70.8 Å². The molecule has 0 spiro atoms. The molecule has 0 saturated heterocycles. The second-order valence-corrected chi connectivity index (χ2v) is 4.53. The molecule has 0 bridgehead atoms. The summed E-state index contributed by atoms with van der Waals surface area (Å²) in [6.07, 6.45) is 2.62. The largest absolute Gasteiger partial charge is 0.489 e. The van der Waals surface area contributed by atoms with Gasteiger partial charge >= 0.3 is 5.97 Å². The van der Waals surface area contributed by atoms with Crippen molar-refractivity contribution in [2.75, 3.05) is 0 Å². The van der Waals surface area contributed by atoms with E-state index in [0.717, 1.165) is 17.2 Å². The molecular weight excluding hydrogens is 276 g/mol. The summed E-state index contributed by atoms with van der Waals surface area (Å²) in [7, 11) is 0. The molecule has 0 fully saturated rings. The fourth-order valence-corrected chi connectivity index (χ4v) is 1.81. The smallest absolute Gasteiger partial charge is 0.328 e. The molecule has 1 N–H and O–H groups in total. The summed E-state index contributed by atoms with van der Waals surface area (Å²) < 4.78 is 5.63. The molecular formula is C16H13ClO3. The molecule has 0 aromatic heterocycles. The number of hydrogen-bond acceptors (Lipinski definition) is 2. The van der Waals surface area contributed by atoms with Crippen LogP contribution in [-0.2, 0) is 11.4 Å². The summed E-state index contributed by atoms with van der Waals surface area (Å²) in [5.74, 6) is -0.263. The fraction of sp³-hybridized carbons (Fsp3) is 0.0625. The first kappa shape index (κ1) is 14.2. The highest BCUT2D eigenvalue weighted by Gasteiger charge is 2.00. The normalized spacial score (nSPS) is 10.7. The van der Waals surface area contributed by atoms with E-state index in [1.165, 1.54) is 6.08 Å². The third-order valence-corrected chi connectivity index (χ3v) is 3.02. The number of ether oxygens (including phenoxy) is 1. The molecule has 20 heavy (non-hydrogen) atoms. The van der Waals surface area contributed by atoms with E-state index in [2.05, 4.69) is 0 Å². The molecule has 2 aromatic rings. The van der Waals surface area contributed by atoms with Crippen LogP contribution in [0.25, 0.3) is 6.08 Å². The molecule has 4 heteroatoms. The van der Waals surface area contributed by atoms with Gasteiger partial charge in [0.2, 0.25) is 0 Å². The van der Waals surface area contributed by atoms with Gasteiger partial charge in [0, 0.05) is 16.7 Å². The summed E-state index contributed by atoms with van der Waals surface area (Å²) >= 11 is 6.04. The van der Waals surface area contributed by atoms with Crippen LogP contribution in [0.15, 0.2) is 54.6 Å². The molecule has 0 heterocycles. The number of halogens is 1. The second kappa shape index (κ2) is 6.78. The SMILES string of the molecule is O=C(O)/C=C/c1ccc(OCc2ccccc2Cl)cc1. The molecule has 3 nitrogen and oxygen atoms in total. The van der Waals surface area contributed by atoms with Crippen molar-refractivity contribution in [3.8, 4) is 5.75 Å². The predicted molar refractivity (Wildman–Crippen MR) is 78.9 cm³/mol. The van der Waals surface area contributed by atoms with Crippen molar-refractivity contribution in [1.29, 1.82) is 0 Å². The van der Waals surface area contributed by atoms with Gasteiger partial charge in [-0.15, -0.1) is 0 Å². The Morgan fingerprint density at radius 3 is 2.50 bits per heavy atom. The quantitative estimate of drug-likeness (QED) is 0.845. The number of rotatable bonds is 5. The monoisotopic (exact) mass is 288 g/mol. The van der Waals surface area contributed by atoms with Gasteiger partial charge in [-0.05, 0) is 29.8 Å². The third kappa shape index (κ3) is 4.14. The standard InChI is InChI=1S/C16H13ClO3/c17-15-4-2-1-3-13(15)11-20-14-8-5-12(6-9-14)7-10-16(18)19/h1-10H,11H2,(H,18,19)/b10-7+. The van der Waals surface area contributed by atoms with Gasteiger partial charge in [-0.3, -0.25) is 0 Å². The fourth-order valence-electron chi connectivity index (χ4n) is 1.62. The maximum atomic E-state index is 10.4. The molecule has 0 radical (unpaired) electrons. The molecule has 0 amide bonds. The van der Waals surface area contributed by atoms with E-state index in [9.17, 15) is 4.79 Å². The predicted octanol–water partition coefficient (Wildman–Crippen LogP) is 4.02. The Balaban J connectivity index is 1.97. The minimum absolute atomic E-state index is 0.393. The van der Waals surface area contributed by atoms with Crippen molar-refractivity contribution in [3.63, 3.8) is 0 Å². The Kier molecular flexibility index (Phi) is 4.80. The Morgan fingerprint density at radius 1 is 1.15 bits per heavy atom. The first-order chi connectivity index (χ1) is 9.65. The summed E-state index contributed by atoms with van der Waals surface area (Å²) in [6, 6.07) is 14.7. The highest BCUT2D eigenvalue weighted by molar-refractivity contribution is 6.31. The van der Waals surface area contributed by atoms with E-state index in [1.54, 1.807) is 24.3 Å². The van der Waals surface area contributed by atoms with Gasteiger partial charge in [0.15, 0.2) is 0 Å². The van der Waals surface area contributed by atoms with E-state index in [1.807, 2.05) is 24.3 Å². The van der Waals surface area contributed by atoms with Gasteiger partial charge in [-0.2, -0.15) is 0 Å². The highest BCUT2D eigenvalue weighted by Crippen LogP contribution is 2.19. The zero-order valence-corrected chi connectivity index (χ0v) is 11.4. The summed E-state index contributed by atoms with van der Waals surface area (Å²) in [4.78, 5) is 10.4. The Labute approximate surface area is 122 Å². The number of benzene rings is 2. The number of aliphatic carboxylic acids is 1. The summed E-state index contributed by atoms with van der Waals surface area (Å²) in [5.41, 5.74) is 1.72. The molecule has 0 aliphatic heterocycles. The lowest BCUT2D eigenvalue weighted by Gasteiger charge is -2.07. The van der Waals surface area contributed by atoms with Gasteiger partial charge in [0.05, 0.1) is 0 Å².